The molecule has 0 aliphatic carbocycles. The fourth-order valence-electron chi connectivity index (χ4n) is 4.37. The van der Waals surface area contributed by atoms with Crippen LogP contribution in [0.5, 0.6) is 0 Å². The van der Waals surface area contributed by atoms with Crippen LogP contribution in [0.15, 0.2) is 48.5 Å². The largest absolute Gasteiger partial charge is 0.383 e. The van der Waals surface area contributed by atoms with E-state index in [1.165, 1.54) is 10.7 Å². The number of carbonyl (C=O) groups is 2. The van der Waals surface area contributed by atoms with E-state index in [9.17, 15) is 18.4 Å². The molecule has 0 radical (unpaired) electrons. The van der Waals surface area contributed by atoms with E-state index in [0.29, 0.717) is 48.9 Å². The van der Waals surface area contributed by atoms with Crippen molar-refractivity contribution in [3.8, 4) is 11.3 Å². The van der Waals surface area contributed by atoms with Gasteiger partial charge in [-0.05, 0) is 29.8 Å². The molecule has 11 heteroatoms. The number of likely N-dealkylation sites (tertiary alicyclic amines) is 1. The molecule has 2 aromatic carbocycles. The van der Waals surface area contributed by atoms with E-state index < -0.39 is 23.6 Å². The first-order valence-corrected chi connectivity index (χ1v) is 11.4. The van der Waals surface area contributed by atoms with E-state index in [2.05, 4.69) is 20.6 Å². The molecular weight excluding hydrogens is 470 g/mol. The molecule has 2 unspecified atom stereocenters. The van der Waals surface area contributed by atoms with E-state index in [0.717, 1.165) is 11.6 Å². The molecule has 36 heavy (non-hydrogen) atoms. The summed E-state index contributed by atoms with van der Waals surface area (Å²) in [5.41, 5.74) is 7.65. The van der Waals surface area contributed by atoms with Gasteiger partial charge in [-0.15, -0.1) is 0 Å². The number of carbonyl (C=O) groups excluding carboxylic acids is 2. The molecule has 0 spiro atoms. The number of hydrogen-bond acceptors (Lipinski definition) is 5. The van der Waals surface area contributed by atoms with Gasteiger partial charge in [0.15, 0.2) is 11.6 Å². The number of halogens is 2. The number of hydrogen-bond donors (Lipinski definition) is 3. The van der Waals surface area contributed by atoms with E-state index in [1.54, 1.807) is 50.6 Å². The third-order valence-electron chi connectivity index (χ3n) is 6.28. The number of aromatic nitrogens is 2. The summed E-state index contributed by atoms with van der Waals surface area (Å²) in [5.74, 6) is -2.12. The minimum atomic E-state index is -0.919. The second-order valence-corrected chi connectivity index (χ2v) is 8.72. The molecule has 3 aromatic rings. The molecule has 1 aliphatic rings. The molecule has 1 saturated heterocycles. The van der Waals surface area contributed by atoms with Crippen molar-refractivity contribution in [2.75, 3.05) is 38.7 Å². The van der Waals surface area contributed by atoms with Crippen LogP contribution in [0, 0.1) is 11.6 Å². The van der Waals surface area contributed by atoms with Crippen molar-refractivity contribution in [3.05, 3.63) is 71.3 Å². The Morgan fingerprint density at radius 1 is 1.11 bits per heavy atom. The Labute approximate surface area is 207 Å². The molecule has 0 saturated carbocycles. The predicted octanol–water partition coefficient (Wildman–Crippen LogP) is 2.70. The molecule has 1 aliphatic heterocycles. The SMILES string of the molecule is COCCN1CC(NC(=O)Nc2cc(-c3ccc(C(N)=O)cc3)nn2C)C(c2ccc(F)c(F)c2)C1. The van der Waals surface area contributed by atoms with Crippen molar-refractivity contribution in [2.24, 2.45) is 12.8 Å². The highest BCUT2D eigenvalue weighted by Crippen LogP contribution is 2.29. The molecule has 3 amide bonds. The lowest BCUT2D eigenvalue weighted by molar-refractivity contribution is 0.1000. The van der Waals surface area contributed by atoms with E-state index in [4.69, 9.17) is 10.5 Å². The third kappa shape index (κ3) is 5.69. The summed E-state index contributed by atoms with van der Waals surface area (Å²) >= 11 is 0. The van der Waals surface area contributed by atoms with Gasteiger partial charge in [-0.3, -0.25) is 19.7 Å². The van der Waals surface area contributed by atoms with Crippen LogP contribution in [0.4, 0.5) is 19.4 Å². The quantitative estimate of drug-likeness (QED) is 0.442. The fourth-order valence-corrected chi connectivity index (χ4v) is 4.37. The highest BCUT2D eigenvalue weighted by molar-refractivity contribution is 5.93. The number of benzene rings is 2. The normalized spacial score (nSPS) is 17.8. The van der Waals surface area contributed by atoms with Crippen molar-refractivity contribution < 1.29 is 23.1 Å². The van der Waals surface area contributed by atoms with Crippen LogP contribution in [-0.4, -0.2) is 66.0 Å². The average Bonchev–Trinajstić information content (AvgIpc) is 3.42. The topological polar surface area (TPSA) is 115 Å². The second-order valence-electron chi connectivity index (χ2n) is 8.72. The van der Waals surface area contributed by atoms with Crippen molar-refractivity contribution in [1.82, 2.24) is 20.0 Å². The Bertz CT molecular complexity index is 1250. The van der Waals surface area contributed by atoms with Crippen LogP contribution in [0.3, 0.4) is 0 Å². The smallest absolute Gasteiger partial charge is 0.320 e. The van der Waals surface area contributed by atoms with Crippen LogP contribution in [0.25, 0.3) is 11.3 Å². The van der Waals surface area contributed by atoms with Crippen molar-refractivity contribution in [2.45, 2.75) is 12.0 Å². The minimum absolute atomic E-state index is 0.228. The van der Waals surface area contributed by atoms with Gasteiger partial charge in [0, 0.05) is 56.9 Å². The highest BCUT2D eigenvalue weighted by atomic mass is 19.2. The van der Waals surface area contributed by atoms with Gasteiger partial charge in [-0.1, -0.05) is 18.2 Å². The van der Waals surface area contributed by atoms with Crippen molar-refractivity contribution in [1.29, 1.82) is 0 Å². The minimum Gasteiger partial charge on any atom is -0.383 e. The van der Waals surface area contributed by atoms with Crippen LogP contribution in [-0.2, 0) is 11.8 Å². The number of aryl methyl sites for hydroxylation is 1. The Kier molecular flexibility index (Phi) is 7.61. The summed E-state index contributed by atoms with van der Waals surface area (Å²) in [7, 11) is 3.31. The van der Waals surface area contributed by atoms with Gasteiger partial charge >= 0.3 is 6.03 Å². The van der Waals surface area contributed by atoms with Gasteiger partial charge in [-0.25, -0.2) is 13.6 Å². The zero-order chi connectivity index (χ0) is 25.8. The van der Waals surface area contributed by atoms with E-state index >= 15 is 0 Å². The average molecular weight is 499 g/mol. The van der Waals surface area contributed by atoms with Gasteiger partial charge in [0.2, 0.25) is 5.91 Å². The van der Waals surface area contributed by atoms with Crippen molar-refractivity contribution in [3.63, 3.8) is 0 Å². The van der Waals surface area contributed by atoms with Crippen LogP contribution in [0.1, 0.15) is 21.8 Å². The summed E-state index contributed by atoms with van der Waals surface area (Å²) in [6.45, 7) is 2.26. The first-order chi connectivity index (χ1) is 17.2. The lowest BCUT2D eigenvalue weighted by Gasteiger charge is -2.20. The number of nitrogens with two attached hydrogens (primary N) is 1. The van der Waals surface area contributed by atoms with Gasteiger partial charge in [-0.2, -0.15) is 5.10 Å². The van der Waals surface area contributed by atoms with Gasteiger partial charge in [0.1, 0.15) is 5.82 Å². The molecule has 2 heterocycles. The Balaban J connectivity index is 1.47. The number of ether oxygens (including phenoxy) is 1. The molecule has 1 aromatic heterocycles. The molecule has 0 bridgehead atoms. The maximum atomic E-state index is 13.9. The Morgan fingerprint density at radius 2 is 1.86 bits per heavy atom. The van der Waals surface area contributed by atoms with Crippen LogP contribution < -0.4 is 16.4 Å². The third-order valence-corrected chi connectivity index (χ3v) is 6.28. The first-order valence-electron chi connectivity index (χ1n) is 11.4. The number of nitrogens with one attached hydrogen (secondary N) is 2. The summed E-state index contributed by atoms with van der Waals surface area (Å²) in [5, 5.41) is 10.2. The standard InChI is InChI=1S/C25H28F2N6O3/c1-32-23(12-21(31-32)15-3-5-16(6-4-15)24(28)34)30-25(35)29-22-14-33(9-10-36-2)13-18(22)17-7-8-19(26)20(27)11-17/h3-8,11-12,18,22H,9-10,13-14H2,1-2H3,(H2,28,34)(H2,29,30,35). The summed E-state index contributed by atoms with van der Waals surface area (Å²) < 4.78 is 34.1. The number of urea groups is 1. The molecule has 1 fully saturated rings. The molecule has 190 valence electrons. The van der Waals surface area contributed by atoms with Gasteiger partial charge in [0.25, 0.3) is 0 Å². The molecule has 9 nitrogen and oxygen atoms in total. The van der Waals surface area contributed by atoms with Crippen LogP contribution in [0.2, 0.25) is 0 Å². The van der Waals surface area contributed by atoms with E-state index in [1.807, 2.05) is 0 Å². The summed E-state index contributed by atoms with van der Waals surface area (Å²) in [6, 6.07) is 11.5. The summed E-state index contributed by atoms with van der Waals surface area (Å²) in [4.78, 5) is 26.3. The molecule has 4 rings (SSSR count). The number of rotatable bonds is 8. The van der Waals surface area contributed by atoms with E-state index in [-0.39, 0.29) is 12.0 Å². The lowest BCUT2D eigenvalue weighted by Crippen LogP contribution is -2.42. The zero-order valence-corrected chi connectivity index (χ0v) is 20.0. The maximum Gasteiger partial charge on any atom is 0.320 e. The first kappa shape index (κ1) is 25.3. The zero-order valence-electron chi connectivity index (χ0n) is 20.0. The lowest BCUT2D eigenvalue weighted by atomic mass is 9.94. The molecule has 4 N–H and O–H groups in total. The number of primary amides is 1. The maximum absolute atomic E-state index is 13.9. The number of methoxy groups -OCH3 is 1. The Hall–Kier alpha value is -3.83. The highest BCUT2D eigenvalue weighted by Gasteiger charge is 2.35. The predicted molar refractivity (Wildman–Crippen MR) is 131 cm³/mol. The molecular formula is C25H28F2N6O3. The van der Waals surface area contributed by atoms with Gasteiger partial charge < -0.3 is 15.8 Å². The number of nitrogens with zero attached hydrogens (tertiary/aromatic N) is 3. The van der Waals surface area contributed by atoms with Crippen molar-refractivity contribution >= 4 is 17.8 Å². The number of anilines is 1. The second kappa shape index (κ2) is 10.8. The fraction of sp³-hybridized carbons (Fsp3) is 0.320. The van der Waals surface area contributed by atoms with Gasteiger partial charge in [0.05, 0.1) is 18.3 Å². The number of amides is 3. The Morgan fingerprint density at radius 3 is 2.53 bits per heavy atom. The summed E-state index contributed by atoms with van der Waals surface area (Å²) in [6.07, 6.45) is 0. The monoisotopic (exact) mass is 498 g/mol. The van der Waals surface area contributed by atoms with Crippen LogP contribution >= 0.6 is 0 Å². The molecule has 2 atom stereocenters.